The molecule has 2 aliphatic carbocycles. The summed E-state index contributed by atoms with van der Waals surface area (Å²) in [4.78, 5) is 0. The van der Waals surface area contributed by atoms with E-state index in [0.29, 0.717) is 6.04 Å². The zero-order valence-corrected chi connectivity index (χ0v) is 8.75. The molecular weight excluding hydrogens is 162 g/mol. The summed E-state index contributed by atoms with van der Waals surface area (Å²) in [6.07, 6.45) is 4.41. The van der Waals surface area contributed by atoms with Gasteiger partial charge >= 0.3 is 0 Å². The van der Waals surface area contributed by atoms with Gasteiger partial charge in [-0.15, -0.1) is 0 Å². The molecule has 76 valence electrons. The van der Waals surface area contributed by atoms with Crippen LogP contribution in [0.15, 0.2) is 0 Å². The van der Waals surface area contributed by atoms with Crippen molar-refractivity contribution in [3.8, 4) is 0 Å². The quantitative estimate of drug-likeness (QED) is 0.700. The van der Waals surface area contributed by atoms with Crippen molar-refractivity contribution in [2.24, 2.45) is 17.8 Å². The van der Waals surface area contributed by atoms with Gasteiger partial charge in [-0.2, -0.15) is 0 Å². The fourth-order valence-corrected chi connectivity index (χ4v) is 3.11. The average molecular weight is 183 g/mol. The number of hydrogen-bond acceptors (Lipinski definition) is 2. The Labute approximate surface area is 81.0 Å². The summed E-state index contributed by atoms with van der Waals surface area (Å²) in [5.41, 5.74) is 0. The topological polar surface area (TPSA) is 21.3 Å². The summed E-state index contributed by atoms with van der Waals surface area (Å²) >= 11 is 0. The molecule has 0 aliphatic heterocycles. The van der Waals surface area contributed by atoms with Crippen molar-refractivity contribution in [2.75, 3.05) is 20.3 Å². The lowest BCUT2D eigenvalue weighted by Crippen LogP contribution is -2.34. The summed E-state index contributed by atoms with van der Waals surface area (Å²) in [5, 5.41) is 3.40. The Bertz CT molecular complexity index is 161. The molecule has 0 bridgehead atoms. The van der Waals surface area contributed by atoms with Crippen molar-refractivity contribution in [3.63, 3.8) is 0 Å². The molecular formula is C11H21NO. The highest BCUT2D eigenvalue weighted by molar-refractivity contribution is 5.05. The predicted octanol–water partition coefficient (Wildman–Crippen LogP) is 1.66. The van der Waals surface area contributed by atoms with Gasteiger partial charge in [0.1, 0.15) is 0 Å². The lowest BCUT2D eigenvalue weighted by atomic mass is 10.1. The molecule has 0 aromatic carbocycles. The largest absolute Gasteiger partial charge is 0.380 e. The van der Waals surface area contributed by atoms with Crippen LogP contribution in [-0.4, -0.2) is 26.3 Å². The first-order valence-corrected chi connectivity index (χ1v) is 5.63. The van der Waals surface area contributed by atoms with Crippen LogP contribution < -0.4 is 5.32 Å². The molecule has 0 aromatic heterocycles. The van der Waals surface area contributed by atoms with Crippen LogP contribution >= 0.6 is 0 Å². The van der Waals surface area contributed by atoms with Gasteiger partial charge < -0.3 is 10.1 Å². The van der Waals surface area contributed by atoms with Crippen LogP contribution in [0.5, 0.6) is 0 Å². The Morgan fingerprint density at radius 2 is 2.08 bits per heavy atom. The third kappa shape index (κ3) is 1.75. The Morgan fingerprint density at radius 3 is 2.62 bits per heavy atom. The first kappa shape index (κ1) is 9.47. The molecule has 1 N–H and O–H groups in total. The smallest absolute Gasteiger partial charge is 0.0622 e. The zero-order chi connectivity index (χ0) is 9.26. The van der Waals surface area contributed by atoms with E-state index in [9.17, 15) is 0 Å². The van der Waals surface area contributed by atoms with Gasteiger partial charge in [0.2, 0.25) is 0 Å². The summed E-state index contributed by atoms with van der Waals surface area (Å²) in [7, 11) is 2.07. The summed E-state index contributed by atoms with van der Waals surface area (Å²) in [6.45, 7) is 3.82. The molecule has 0 spiro atoms. The maximum Gasteiger partial charge on any atom is 0.0622 e. The molecule has 3 unspecified atom stereocenters. The average Bonchev–Trinajstić information content (AvgIpc) is 2.62. The first-order valence-electron chi connectivity index (χ1n) is 5.63. The van der Waals surface area contributed by atoms with E-state index in [0.717, 1.165) is 31.0 Å². The van der Waals surface area contributed by atoms with E-state index < -0.39 is 0 Å². The van der Waals surface area contributed by atoms with Crippen molar-refractivity contribution in [1.82, 2.24) is 5.32 Å². The second kappa shape index (κ2) is 3.97. The minimum absolute atomic E-state index is 0.621. The fourth-order valence-electron chi connectivity index (χ4n) is 3.11. The van der Waals surface area contributed by atoms with Gasteiger partial charge in [-0.25, -0.2) is 0 Å². The van der Waals surface area contributed by atoms with E-state index in [1.807, 2.05) is 0 Å². The SMILES string of the molecule is CCOCC(NC)C1C2CCCC21. The summed E-state index contributed by atoms with van der Waals surface area (Å²) in [6, 6.07) is 0.621. The van der Waals surface area contributed by atoms with E-state index in [1.165, 1.54) is 19.3 Å². The van der Waals surface area contributed by atoms with Gasteiger partial charge in [0.15, 0.2) is 0 Å². The van der Waals surface area contributed by atoms with Crippen molar-refractivity contribution < 1.29 is 4.74 Å². The highest BCUT2D eigenvalue weighted by atomic mass is 16.5. The Balaban J connectivity index is 1.78. The van der Waals surface area contributed by atoms with Crippen LogP contribution in [0.4, 0.5) is 0 Å². The Hall–Kier alpha value is -0.0800. The molecule has 2 aliphatic rings. The lowest BCUT2D eigenvalue weighted by molar-refractivity contribution is 0.114. The van der Waals surface area contributed by atoms with Gasteiger partial charge in [-0.3, -0.25) is 0 Å². The summed E-state index contributed by atoms with van der Waals surface area (Å²) in [5.74, 6) is 3.01. The number of likely N-dealkylation sites (N-methyl/N-ethyl adjacent to an activating group) is 1. The van der Waals surface area contributed by atoms with Gasteiger partial charge in [0.25, 0.3) is 0 Å². The van der Waals surface area contributed by atoms with Crippen molar-refractivity contribution in [3.05, 3.63) is 0 Å². The number of ether oxygens (including phenoxy) is 1. The molecule has 2 rings (SSSR count). The minimum atomic E-state index is 0.621. The normalized spacial score (nSPS) is 38.8. The molecule has 2 saturated carbocycles. The molecule has 0 saturated heterocycles. The van der Waals surface area contributed by atoms with Gasteiger partial charge in [-0.1, -0.05) is 6.42 Å². The molecule has 0 heterocycles. The van der Waals surface area contributed by atoms with E-state index in [4.69, 9.17) is 4.74 Å². The highest BCUT2D eigenvalue weighted by Crippen LogP contribution is 2.58. The fraction of sp³-hybridized carbons (Fsp3) is 1.00. The third-order valence-corrected chi connectivity index (χ3v) is 3.81. The van der Waals surface area contributed by atoms with Crippen molar-refractivity contribution in [1.29, 1.82) is 0 Å². The number of nitrogens with one attached hydrogen (secondary N) is 1. The minimum Gasteiger partial charge on any atom is -0.380 e. The molecule has 0 aromatic rings. The second-order valence-electron chi connectivity index (χ2n) is 4.39. The maximum absolute atomic E-state index is 5.49. The number of fused-ring (bicyclic) bond motifs is 1. The van der Waals surface area contributed by atoms with Crippen LogP contribution in [0.2, 0.25) is 0 Å². The standard InChI is InChI=1S/C11H21NO/c1-3-13-7-10(12-2)11-8-5-4-6-9(8)11/h8-12H,3-7H2,1-2H3. The molecule has 13 heavy (non-hydrogen) atoms. The van der Waals surface area contributed by atoms with Crippen LogP contribution in [0.1, 0.15) is 26.2 Å². The molecule has 2 nitrogen and oxygen atoms in total. The van der Waals surface area contributed by atoms with Crippen LogP contribution in [0.25, 0.3) is 0 Å². The van der Waals surface area contributed by atoms with Crippen molar-refractivity contribution >= 4 is 0 Å². The van der Waals surface area contributed by atoms with Gasteiger partial charge in [0, 0.05) is 12.6 Å². The number of hydrogen-bond donors (Lipinski definition) is 1. The molecule has 3 atom stereocenters. The van der Waals surface area contributed by atoms with Crippen LogP contribution in [0, 0.1) is 17.8 Å². The molecule has 2 heteroatoms. The second-order valence-corrected chi connectivity index (χ2v) is 4.39. The van der Waals surface area contributed by atoms with Crippen molar-refractivity contribution in [2.45, 2.75) is 32.2 Å². The molecule has 2 fully saturated rings. The first-order chi connectivity index (χ1) is 6.38. The van der Waals surface area contributed by atoms with E-state index in [2.05, 4.69) is 19.3 Å². The molecule has 0 amide bonds. The number of rotatable bonds is 5. The Morgan fingerprint density at radius 1 is 1.38 bits per heavy atom. The molecule has 0 radical (unpaired) electrons. The summed E-state index contributed by atoms with van der Waals surface area (Å²) < 4.78 is 5.49. The lowest BCUT2D eigenvalue weighted by Gasteiger charge is -2.17. The van der Waals surface area contributed by atoms with Crippen LogP contribution in [-0.2, 0) is 4.74 Å². The predicted molar refractivity (Wildman–Crippen MR) is 53.7 cm³/mol. The third-order valence-electron chi connectivity index (χ3n) is 3.81. The van der Waals surface area contributed by atoms with E-state index in [-0.39, 0.29) is 0 Å². The van der Waals surface area contributed by atoms with E-state index in [1.54, 1.807) is 0 Å². The van der Waals surface area contributed by atoms with Gasteiger partial charge in [0.05, 0.1) is 6.61 Å². The van der Waals surface area contributed by atoms with Crippen LogP contribution in [0.3, 0.4) is 0 Å². The monoisotopic (exact) mass is 183 g/mol. The maximum atomic E-state index is 5.49. The zero-order valence-electron chi connectivity index (χ0n) is 8.75. The van der Waals surface area contributed by atoms with Gasteiger partial charge in [-0.05, 0) is 44.6 Å². The Kier molecular flexibility index (Phi) is 2.89. The highest BCUT2D eigenvalue weighted by Gasteiger charge is 2.55. The van der Waals surface area contributed by atoms with E-state index >= 15 is 0 Å².